The maximum atomic E-state index is 12.4. The molecule has 0 atom stereocenters. The van der Waals surface area contributed by atoms with E-state index >= 15 is 0 Å². The molecule has 4 rings (SSSR count). The van der Waals surface area contributed by atoms with E-state index < -0.39 is 0 Å². The first-order chi connectivity index (χ1) is 12.6. The van der Waals surface area contributed by atoms with E-state index in [-0.39, 0.29) is 17.4 Å². The third-order valence-electron chi connectivity index (χ3n) is 4.23. The lowest BCUT2D eigenvalue weighted by molar-refractivity contribution is -0.117. The highest BCUT2D eigenvalue weighted by molar-refractivity contribution is 7.99. The summed E-state index contributed by atoms with van der Waals surface area (Å²) in [7, 11) is 1.74. The standard InChI is InChI=1S/C19H15N3O3S/c1-22-15-8-7-13(9-14(15)10-17(22)24)16(23)11-26-19-21-20-18(25-19)12-5-3-2-4-6-12/h2-9H,10-11H2,1H3. The molecule has 1 aliphatic heterocycles. The van der Waals surface area contributed by atoms with E-state index in [0.717, 1.165) is 16.8 Å². The quantitative estimate of drug-likeness (QED) is 0.510. The third-order valence-corrected chi connectivity index (χ3v) is 5.05. The molecule has 0 saturated carbocycles. The molecule has 0 fully saturated rings. The molecule has 0 bridgehead atoms. The van der Waals surface area contributed by atoms with Gasteiger partial charge in [-0.3, -0.25) is 9.59 Å². The van der Waals surface area contributed by atoms with Crippen LogP contribution in [0.4, 0.5) is 5.69 Å². The molecule has 130 valence electrons. The van der Waals surface area contributed by atoms with Gasteiger partial charge in [-0.05, 0) is 35.9 Å². The Balaban J connectivity index is 1.43. The number of likely N-dealkylation sites (N-methyl/N-ethyl adjacent to an activating group) is 1. The van der Waals surface area contributed by atoms with E-state index in [4.69, 9.17) is 4.42 Å². The van der Waals surface area contributed by atoms with Gasteiger partial charge in [-0.25, -0.2) is 0 Å². The second-order valence-corrected chi connectivity index (χ2v) is 6.85. The van der Waals surface area contributed by atoms with E-state index in [1.54, 1.807) is 24.1 Å². The monoisotopic (exact) mass is 365 g/mol. The summed E-state index contributed by atoms with van der Waals surface area (Å²) in [6.45, 7) is 0. The predicted molar refractivity (Wildman–Crippen MR) is 98.3 cm³/mol. The lowest BCUT2D eigenvalue weighted by Gasteiger charge is -2.10. The first-order valence-corrected chi connectivity index (χ1v) is 9.05. The molecule has 1 aromatic heterocycles. The number of hydrogen-bond donors (Lipinski definition) is 0. The highest BCUT2D eigenvalue weighted by Gasteiger charge is 2.24. The molecular formula is C19H15N3O3S. The fourth-order valence-electron chi connectivity index (χ4n) is 2.82. The van der Waals surface area contributed by atoms with Crippen molar-refractivity contribution < 1.29 is 14.0 Å². The fraction of sp³-hybridized carbons (Fsp3) is 0.158. The minimum absolute atomic E-state index is 0.0401. The largest absolute Gasteiger partial charge is 0.411 e. The van der Waals surface area contributed by atoms with Gasteiger partial charge in [0.25, 0.3) is 5.22 Å². The number of carbonyl (C=O) groups is 2. The highest BCUT2D eigenvalue weighted by Crippen LogP contribution is 2.29. The van der Waals surface area contributed by atoms with Crippen molar-refractivity contribution in [3.05, 3.63) is 59.7 Å². The summed E-state index contributed by atoms with van der Waals surface area (Å²) in [6.07, 6.45) is 0.337. The first-order valence-electron chi connectivity index (χ1n) is 8.06. The van der Waals surface area contributed by atoms with Crippen molar-refractivity contribution in [2.75, 3.05) is 17.7 Å². The summed E-state index contributed by atoms with van der Waals surface area (Å²) in [6, 6.07) is 14.8. The summed E-state index contributed by atoms with van der Waals surface area (Å²) in [5, 5.41) is 8.34. The van der Waals surface area contributed by atoms with Gasteiger partial charge in [-0.1, -0.05) is 30.0 Å². The van der Waals surface area contributed by atoms with Crippen LogP contribution in [-0.2, 0) is 11.2 Å². The summed E-state index contributed by atoms with van der Waals surface area (Å²) >= 11 is 1.21. The van der Waals surface area contributed by atoms with Gasteiger partial charge in [0.2, 0.25) is 11.8 Å². The van der Waals surface area contributed by atoms with Crippen molar-refractivity contribution in [3.8, 4) is 11.5 Å². The van der Waals surface area contributed by atoms with Crippen LogP contribution >= 0.6 is 11.8 Å². The third kappa shape index (κ3) is 3.13. The number of ketones is 1. The van der Waals surface area contributed by atoms with E-state index in [1.807, 2.05) is 36.4 Å². The Morgan fingerprint density at radius 3 is 2.81 bits per heavy atom. The molecule has 7 heteroatoms. The van der Waals surface area contributed by atoms with E-state index in [2.05, 4.69) is 10.2 Å². The topological polar surface area (TPSA) is 76.3 Å². The molecular weight excluding hydrogens is 350 g/mol. The molecule has 6 nitrogen and oxygen atoms in total. The van der Waals surface area contributed by atoms with Crippen LogP contribution in [0, 0.1) is 0 Å². The lowest BCUT2D eigenvalue weighted by atomic mass is 10.1. The number of anilines is 1. The summed E-state index contributed by atoms with van der Waals surface area (Å²) < 4.78 is 5.60. The Morgan fingerprint density at radius 1 is 1.19 bits per heavy atom. The Labute approximate surface area is 154 Å². The zero-order valence-electron chi connectivity index (χ0n) is 14.0. The van der Waals surface area contributed by atoms with Gasteiger partial charge < -0.3 is 9.32 Å². The summed E-state index contributed by atoms with van der Waals surface area (Å²) in [5.74, 6) is 0.621. The number of carbonyl (C=O) groups excluding carboxylic acids is 2. The number of rotatable bonds is 5. The number of thioether (sulfide) groups is 1. The average molecular weight is 365 g/mol. The molecule has 0 radical (unpaired) electrons. The van der Waals surface area contributed by atoms with Gasteiger partial charge in [0.05, 0.1) is 12.2 Å². The molecule has 0 saturated heterocycles. The van der Waals surface area contributed by atoms with Gasteiger partial charge in [0.1, 0.15) is 0 Å². The number of fused-ring (bicyclic) bond motifs is 1. The van der Waals surface area contributed by atoms with Gasteiger partial charge >= 0.3 is 0 Å². The summed E-state index contributed by atoms with van der Waals surface area (Å²) in [4.78, 5) is 25.8. The second-order valence-electron chi connectivity index (χ2n) is 5.92. The number of nitrogens with zero attached hydrogens (tertiary/aromatic N) is 3. The van der Waals surface area contributed by atoms with Crippen molar-refractivity contribution in [2.24, 2.45) is 0 Å². The van der Waals surface area contributed by atoms with Crippen LogP contribution < -0.4 is 4.90 Å². The van der Waals surface area contributed by atoms with Crippen molar-refractivity contribution >= 4 is 29.1 Å². The summed E-state index contributed by atoms with van der Waals surface area (Å²) in [5.41, 5.74) is 3.17. The number of aromatic nitrogens is 2. The normalized spacial score (nSPS) is 13.1. The SMILES string of the molecule is CN1C(=O)Cc2cc(C(=O)CSc3nnc(-c4ccccc4)o3)ccc21. The molecule has 1 amide bonds. The van der Waals surface area contributed by atoms with Crippen molar-refractivity contribution in [1.82, 2.24) is 10.2 Å². The van der Waals surface area contributed by atoms with Crippen LogP contribution in [0.5, 0.6) is 0 Å². The van der Waals surface area contributed by atoms with Gasteiger partial charge in [0.15, 0.2) is 5.78 Å². The second kappa shape index (κ2) is 6.76. The van der Waals surface area contributed by atoms with Gasteiger partial charge in [0, 0.05) is 23.9 Å². The highest BCUT2D eigenvalue weighted by atomic mass is 32.2. The van der Waals surface area contributed by atoms with E-state index in [1.165, 1.54) is 11.8 Å². The van der Waals surface area contributed by atoms with Crippen LogP contribution in [0.25, 0.3) is 11.5 Å². The van der Waals surface area contributed by atoms with E-state index in [9.17, 15) is 9.59 Å². The minimum atomic E-state index is -0.0423. The minimum Gasteiger partial charge on any atom is -0.411 e. The number of amides is 1. The Morgan fingerprint density at radius 2 is 2.00 bits per heavy atom. The predicted octanol–water partition coefficient (Wildman–Crippen LogP) is 3.23. The van der Waals surface area contributed by atoms with E-state index in [0.29, 0.717) is 23.1 Å². The lowest BCUT2D eigenvalue weighted by Crippen LogP contribution is -2.20. The van der Waals surface area contributed by atoms with Crippen molar-refractivity contribution in [2.45, 2.75) is 11.6 Å². The molecule has 3 aromatic rings. The maximum absolute atomic E-state index is 12.4. The average Bonchev–Trinajstić information content (AvgIpc) is 3.25. The van der Waals surface area contributed by atoms with Crippen LogP contribution in [0.3, 0.4) is 0 Å². The maximum Gasteiger partial charge on any atom is 0.277 e. The van der Waals surface area contributed by atoms with Crippen LogP contribution in [-0.4, -0.2) is 34.7 Å². The first kappa shape index (κ1) is 16.5. The molecule has 1 aliphatic rings. The van der Waals surface area contributed by atoms with Crippen LogP contribution in [0.2, 0.25) is 0 Å². The molecule has 0 aliphatic carbocycles. The van der Waals surface area contributed by atoms with Crippen LogP contribution in [0.15, 0.2) is 58.2 Å². The van der Waals surface area contributed by atoms with Gasteiger partial charge in [-0.2, -0.15) is 0 Å². The number of Topliss-reactive ketones (excluding diaryl/α,β-unsaturated/α-hetero) is 1. The molecule has 0 unspecified atom stereocenters. The zero-order valence-corrected chi connectivity index (χ0v) is 14.8. The molecule has 26 heavy (non-hydrogen) atoms. The Bertz CT molecular complexity index is 985. The molecule has 0 N–H and O–H groups in total. The number of hydrogen-bond acceptors (Lipinski definition) is 6. The Kier molecular flexibility index (Phi) is 4.30. The van der Waals surface area contributed by atoms with Crippen LogP contribution in [0.1, 0.15) is 15.9 Å². The van der Waals surface area contributed by atoms with Crippen molar-refractivity contribution in [3.63, 3.8) is 0 Å². The molecule has 2 aromatic carbocycles. The smallest absolute Gasteiger partial charge is 0.277 e. The van der Waals surface area contributed by atoms with Gasteiger partial charge in [-0.15, -0.1) is 10.2 Å². The molecule has 0 spiro atoms. The number of benzene rings is 2. The zero-order chi connectivity index (χ0) is 18.1. The van der Waals surface area contributed by atoms with Crippen molar-refractivity contribution in [1.29, 1.82) is 0 Å². The Hall–Kier alpha value is -2.93. The molecule has 2 heterocycles. The fourth-order valence-corrected chi connectivity index (χ4v) is 3.48.